The van der Waals surface area contributed by atoms with E-state index in [4.69, 9.17) is 24.7 Å². The van der Waals surface area contributed by atoms with Gasteiger partial charge in [0.25, 0.3) is 0 Å². The van der Waals surface area contributed by atoms with E-state index in [1.54, 1.807) is 56.7 Å². The first kappa shape index (κ1) is 20.8. The number of benzene rings is 3. The van der Waals surface area contributed by atoms with Crippen molar-refractivity contribution in [3.8, 4) is 29.1 Å². The number of methoxy groups -OCH3 is 2. The number of rotatable bonds is 5. The average molecular weight is 428 g/mol. The molecule has 0 aliphatic carbocycles. The van der Waals surface area contributed by atoms with Gasteiger partial charge in [-0.15, -0.1) is 0 Å². The van der Waals surface area contributed by atoms with Gasteiger partial charge in [0, 0.05) is 17.2 Å². The van der Waals surface area contributed by atoms with Crippen molar-refractivity contribution in [1.82, 2.24) is 0 Å². The van der Waals surface area contributed by atoms with Crippen LogP contribution in [0, 0.1) is 11.3 Å². The molecule has 1 heterocycles. The van der Waals surface area contributed by atoms with E-state index in [-0.39, 0.29) is 17.2 Å². The summed E-state index contributed by atoms with van der Waals surface area (Å²) < 4.78 is 21.8. The summed E-state index contributed by atoms with van der Waals surface area (Å²) in [4.78, 5) is 12.5. The van der Waals surface area contributed by atoms with Crippen LogP contribution < -0.4 is 24.7 Å². The molecule has 160 valence electrons. The Morgan fingerprint density at radius 3 is 2.38 bits per heavy atom. The van der Waals surface area contributed by atoms with E-state index in [1.807, 2.05) is 24.3 Å². The first-order valence-corrected chi connectivity index (χ1v) is 9.76. The molecule has 0 aromatic heterocycles. The number of esters is 1. The van der Waals surface area contributed by atoms with Gasteiger partial charge < -0.3 is 24.7 Å². The van der Waals surface area contributed by atoms with Gasteiger partial charge in [0.1, 0.15) is 34.6 Å². The van der Waals surface area contributed by atoms with Crippen molar-refractivity contribution in [1.29, 1.82) is 5.26 Å². The predicted molar refractivity (Wildman–Crippen MR) is 117 cm³/mol. The van der Waals surface area contributed by atoms with Gasteiger partial charge in [-0.25, -0.2) is 4.79 Å². The van der Waals surface area contributed by atoms with E-state index < -0.39 is 11.9 Å². The molecular formula is C25H20N2O5. The third-order valence-electron chi connectivity index (χ3n) is 5.18. The Balaban J connectivity index is 1.68. The van der Waals surface area contributed by atoms with Crippen LogP contribution in [0.2, 0.25) is 0 Å². The number of nitrogens with two attached hydrogens (primary N) is 1. The van der Waals surface area contributed by atoms with Crippen molar-refractivity contribution in [3.05, 3.63) is 94.9 Å². The summed E-state index contributed by atoms with van der Waals surface area (Å²) >= 11 is 0. The summed E-state index contributed by atoms with van der Waals surface area (Å²) in [5.41, 5.74) is 8.22. The Morgan fingerprint density at radius 2 is 1.69 bits per heavy atom. The number of fused-ring (bicyclic) bond motifs is 1. The number of para-hydroxylation sites is 1. The van der Waals surface area contributed by atoms with Crippen molar-refractivity contribution >= 4 is 5.97 Å². The molecule has 2 N–H and O–H groups in total. The highest BCUT2D eigenvalue weighted by molar-refractivity contribution is 5.91. The minimum absolute atomic E-state index is 0.00506. The van der Waals surface area contributed by atoms with Crippen molar-refractivity contribution in [3.63, 3.8) is 0 Å². The van der Waals surface area contributed by atoms with Crippen molar-refractivity contribution in [2.45, 2.75) is 5.92 Å². The molecule has 0 radical (unpaired) electrons. The molecular weight excluding hydrogens is 408 g/mol. The molecule has 1 atom stereocenters. The number of nitriles is 1. The van der Waals surface area contributed by atoms with E-state index in [2.05, 4.69) is 6.07 Å². The molecule has 0 spiro atoms. The van der Waals surface area contributed by atoms with Crippen molar-refractivity contribution in [2.24, 2.45) is 5.73 Å². The number of carbonyl (C=O) groups excluding carboxylic acids is 1. The monoisotopic (exact) mass is 428 g/mol. The zero-order chi connectivity index (χ0) is 22.7. The summed E-state index contributed by atoms with van der Waals surface area (Å²) in [7, 11) is 3.12. The van der Waals surface area contributed by atoms with Crippen LogP contribution in [0.5, 0.6) is 23.0 Å². The van der Waals surface area contributed by atoms with Crippen LogP contribution in [0.3, 0.4) is 0 Å². The third kappa shape index (κ3) is 3.82. The van der Waals surface area contributed by atoms with Crippen LogP contribution in [0.4, 0.5) is 0 Å². The molecule has 7 nitrogen and oxygen atoms in total. The first-order chi connectivity index (χ1) is 15.5. The molecule has 4 rings (SSSR count). The van der Waals surface area contributed by atoms with Gasteiger partial charge >= 0.3 is 5.97 Å². The maximum atomic E-state index is 12.5. The van der Waals surface area contributed by atoms with Crippen LogP contribution in [0.25, 0.3) is 0 Å². The molecule has 1 aliphatic heterocycles. The summed E-state index contributed by atoms with van der Waals surface area (Å²) in [6.07, 6.45) is 0. The minimum Gasteiger partial charge on any atom is -0.497 e. The highest BCUT2D eigenvalue weighted by Crippen LogP contribution is 2.45. The molecule has 7 heteroatoms. The van der Waals surface area contributed by atoms with E-state index >= 15 is 0 Å². The normalized spacial score (nSPS) is 14.6. The highest BCUT2D eigenvalue weighted by atomic mass is 16.5. The zero-order valence-electron chi connectivity index (χ0n) is 17.5. The van der Waals surface area contributed by atoms with E-state index in [1.165, 1.54) is 0 Å². The lowest BCUT2D eigenvalue weighted by Gasteiger charge is -2.27. The molecule has 0 amide bonds. The number of carbonyl (C=O) groups is 1. The minimum atomic E-state index is -0.522. The fraction of sp³-hybridized carbons (Fsp3) is 0.120. The molecule has 32 heavy (non-hydrogen) atoms. The second-order valence-electron chi connectivity index (χ2n) is 6.98. The van der Waals surface area contributed by atoms with Gasteiger partial charge in [-0.1, -0.05) is 24.3 Å². The summed E-state index contributed by atoms with van der Waals surface area (Å²) in [5, 5.41) is 9.73. The van der Waals surface area contributed by atoms with E-state index in [9.17, 15) is 10.1 Å². The molecule has 0 fully saturated rings. The molecule has 1 aliphatic rings. The van der Waals surface area contributed by atoms with Gasteiger partial charge in [0.15, 0.2) is 0 Å². The van der Waals surface area contributed by atoms with Crippen LogP contribution in [0.1, 0.15) is 27.4 Å². The molecule has 3 aromatic rings. The number of allylic oxidation sites excluding steroid dienone is 1. The van der Waals surface area contributed by atoms with Gasteiger partial charge in [-0.05, 0) is 36.4 Å². The second kappa shape index (κ2) is 8.74. The summed E-state index contributed by atoms with van der Waals surface area (Å²) in [6.45, 7) is 0. The van der Waals surface area contributed by atoms with Crippen LogP contribution in [-0.4, -0.2) is 20.2 Å². The fourth-order valence-corrected chi connectivity index (χ4v) is 3.62. The Bertz CT molecular complexity index is 1240. The lowest BCUT2D eigenvalue weighted by atomic mass is 9.83. The lowest BCUT2D eigenvalue weighted by Crippen LogP contribution is -2.21. The topological polar surface area (TPSA) is 104 Å². The lowest BCUT2D eigenvalue weighted by molar-refractivity contribution is 0.0734. The number of ether oxygens (including phenoxy) is 4. The van der Waals surface area contributed by atoms with Gasteiger partial charge in [-0.2, -0.15) is 5.26 Å². The predicted octanol–water partition coefficient (Wildman–Crippen LogP) is 4.14. The highest BCUT2D eigenvalue weighted by Gasteiger charge is 2.32. The quantitative estimate of drug-likeness (QED) is 0.481. The van der Waals surface area contributed by atoms with Crippen LogP contribution in [0.15, 0.2) is 78.2 Å². The van der Waals surface area contributed by atoms with E-state index in [0.717, 1.165) is 5.56 Å². The second-order valence-corrected chi connectivity index (χ2v) is 6.98. The van der Waals surface area contributed by atoms with Gasteiger partial charge in [0.2, 0.25) is 5.88 Å². The van der Waals surface area contributed by atoms with Gasteiger partial charge in [-0.3, -0.25) is 0 Å². The zero-order valence-corrected chi connectivity index (χ0v) is 17.5. The third-order valence-corrected chi connectivity index (χ3v) is 5.18. The molecule has 3 aromatic carbocycles. The fourth-order valence-electron chi connectivity index (χ4n) is 3.62. The average Bonchev–Trinajstić information content (AvgIpc) is 2.83. The number of nitrogens with zero attached hydrogens (tertiary/aromatic N) is 1. The van der Waals surface area contributed by atoms with Crippen LogP contribution >= 0.6 is 0 Å². The number of hydrogen-bond donors (Lipinski definition) is 1. The van der Waals surface area contributed by atoms with Crippen molar-refractivity contribution < 1.29 is 23.7 Å². The first-order valence-electron chi connectivity index (χ1n) is 9.76. The molecule has 1 unspecified atom stereocenters. The Kier molecular flexibility index (Phi) is 5.69. The maximum absolute atomic E-state index is 12.5. The van der Waals surface area contributed by atoms with Crippen molar-refractivity contribution in [2.75, 3.05) is 14.2 Å². The summed E-state index contributed by atoms with van der Waals surface area (Å²) in [6, 6.07) is 21.2. The van der Waals surface area contributed by atoms with Crippen LogP contribution in [-0.2, 0) is 0 Å². The molecule has 0 saturated carbocycles. The standard InChI is InChI=1S/C25H20N2O5/c1-29-16-9-7-15(8-10-16)25(28)31-17-11-12-19-22(13-17)32-24(27)20(14-26)23(19)18-5-3-4-6-21(18)30-2/h3-13,23H,27H2,1-2H3. The smallest absolute Gasteiger partial charge is 0.343 e. The Morgan fingerprint density at radius 1 is 0.969 bits per heavy atom. The number of hydrogen-bond acceptors (Lipinski definition) is 7. The Hall–Kier alpha value is -4.44. The van der Waals surface area contributed by atoms with E-state index in [0.29, 0.717) is 28.4 Å². The largest absolute Gasteiger partial charge is 0.497 e. The maximum Gasteiger partial charge on any atom is 0.343 e. The summed E-state index contributed by atoms with van der Waals surface area (Å²) in [5.74, 6) is 0.947. The molecule has 0 saturated heterocycles. The van der Waals surface area contributed by atoms with Gasteiger partial charge in [0.05, 0.1) is 25.7 Å². The molecule has 0 bridgehead atoms. The Labute approximate surface area is 185 Å². The SMILES string of the molecule is COc1ccc(C(=O)Oc2ccc3c(c2)OC(N)=C(C#N)C3c2ccccc2OC)cc1.